The van der Waals surface area contributed by atoms with E-state index in [0.717, 1.165) is 44.9 Å². The van der Waals surface area contributed by atoms with Crippen molar-refractivity contribution in [3.8, 4) is 17.2 Å². The van der Waals surface area contributed by atoms with Crippen LogP contribution in [0.4, 0.5) is 10.6 Å². The fraction of sp³-hybridized carbons (Fsp3) is 0.292. The Hall–Kier alpha value is -4.06. The predicted octanol–water partition coefficient (Wildman–Crippen LogP) is 4.00. The summed E-state index contributed by atoms with van der Waals surface area (Å²) in [6.45, 7) is 1.48. The highest BCUT2D eigenvalue weighted by atomic mass is 32.2. The molecule has 36 heavy (non-hydrogen) atoms. The second-order valence-electron chi connectivity index (χ2n) is 8.01. The Bertz CT molecular complexity index is 1400. The minimum absolute atomic E-state index is 0.324. The van der Waals surface area contributed by atoms with Gasteiger partial charge in [-0.2, -0.15) is 5.10 Å². The third-order valence-electron chi connectivity index (χ3n) is 5.70. The molecule has 1 amide bonds. The smallest absolute Gasteiger partial charge is 0.407 e. The topological polar surface area (TPSA) is 122 Å². The lowest BCUT2D eigenvalue weighted by molar-refractivity contribution is 0.170. The Labute approximate surface area is 211 Å². The molecule has 0 saturated carbocycles. The van der Waals surface area contributed by atoms with Crippen LogP contribution in [0.15, 0.2) is 46.1 Å². The number of benzene rings is 2. The number of nitrogens with zero attached hydrogens (tertiary/aromatic N) is 3. The zero-order valence-electron chi connectivity index (χ0n) is 20.0. The molecule has 0 fully saturated rings. The van der Waals surface area contributed by atoms with E-state index in [1.54, 1.807) is 25.1 Å². The maximum absolute atomic E-state index is 11.3. The minimum Gasteiger partial charge on any atom is -0.496 e. The van der Waals surface area contributed by atoms with Gasteiger partial charge in [-0.25, -0.2) is 4.79 Å². The second kappa shape index (κ2) is 10.3. The summed E-state index contributed by atoms with van der Waals surface area (Å²) in [6.07, 6.45) is 3.93. The Morgan fingerprint density at radius 2 is 2.00 bits per heavy atom. The molecule has 5 rings (SSSR count). The van der Waals surface area contributed by atoms with Crippen molar-refractivity contribution >= 4 is 34.8 Å². The molecule has 2 aromatic heterocycles. The lowest BCUT2D eigenvalue weighted by Crippen LogP contribution is -2.21. The fourth-order valence-electron chi connectivity index (χ4n) is 3.96. The number of nitrogens with one attached hydrogen (secondary N) is 2. The molecule has 4 aromatic rings. The third-order valence-corrected chi connectivity index (χ3v) is 6.54. The van der Waals surface area contributed by atoms with Crippen LogP contribution in [-0.2, 0) is 24.2 Å². The summed E-state index contributed by atoms with van der Waals surface area (Å²) < 4.78 is 32.1. The van der Waals surface area contributed by atoms with Crippen molar-refractivity contribution in [2.24, 2.45) is 0 Å². The molecule has 0 aliphatic carbocycles. The highest BCUT2D eigenvalue weighted by Gasteiger charge is 2.20. The number of alkyl carbamates (subject to hydrolysis) is 1. The summed E-state index contributed by atoms with van der Waals surface area (Å²) in [5.74, 6) is 2.79. The predicted molar refractivity (Wildman–Crippen MR) is 133 cm³/mol. The van der Waals surface area contributed by atoms with Crippen molar-refractivity contribution in [3.63, 3.8) is 0 Å². The maximum Gasteiger partial charge on any atom is 0.407 e. The quantitative estimate of drug-likeness (QED) is 0.319. The first kappa shape index (κ1) is 23.7. The number of rotatable bonds is 9. The molecule has 1 aliphatic heterocycles. The first-order valence-electron chi connectivity index (χ1n) is 11.1. The molecule has 2 aromatic carbocycles. The van der Waals surface area contributed by atoms with E-state index in [1.807, 2.05) is 30.5 Å². The number of methoxy groups -OCH3 is 3. The minimum atomic E-state index is -0.492. The molecule has 0 saturated heterocycles. The Morgan fingerprint density at radius 3 is 2.81 bits per heavy atom. The summed E-state index contributed by atoms with van der Waals surface area (Å²) in [7, 11) is 4.58. The Kier molecular flexibility index (Phi) is 6.76. The van der Waals surface area contributed by atoms with E-state index in [-0.39, 0.29) is 0 Å². The normalized spacial score (nSPS) is 12.2. The van der Waals surface area contributed by atoms with E-state index in [9.17, 15) is 4.79 Å². The zero-order chi connectivity index (χ0) is 25.1. The van der Waals surface area contributed by atoms with Crippen LogP contribution in [0.3, 0.4) is 0 Å². The van der Waals surface area contributed by atoms with Crippen molar-refractivity contribution in [2.75, 3.05) is 32.7 Å². The Balaban J connectivity index is 1.33. The van der Waals surface area contributed by atoms with Gasteiger partial charge in [-0.05, 0) is 41.8 Å². The number of carbonyl (C=O) groups is 1. The first-order chi connectivity index (χ1) is 17.6. The van der Waals surface area contributed by atoms with Crippen molar-refractivity contribution < 1.29 is 28.3 Å². The summed E-state index contributed by atoms with van der Waals surface area (Å²) in [4.78, 5) is 12.2. The van der Waals surface area contributed by atoms with E-state index >= 15 is 0 Å². The van der Waals surface area contributed by atoms with Crippen LogP contribution in [0.1, 0.15) is 16.7 Å². The SMILES string of the molecule is COC(=O)NCc1cnn(Cc2cc(OC)c3c(NSc4cc5c(cc4OC)CCO5)noc3c2)c1. The van der Waals surface area contributed by atoms with Gasteiger partial charge in [0.1, 0.15) is 22.6 Å². The van der Waals surface area contributed by atoms with Gasteiger partial charge in [-0.15, -0.1) is 0 Å². The van der Waals surface area contributed by atoms with Gasteiger partial charge >= 0.3 is 6.09 Å². The largest absolute Gasteiger partial charge is 0.496 e. The summed E-state index contributed by atoms with van der Waals surface area (Å²) in [6, 6.07) is 7.80. The number of amides is 1. The fourth-order valence-corrected chi connectivity index (χ4v) is 4.71. The molecule has 0 atom stereocenters. The van der Waals surface area contributed by atoms with Crippen molar-refractivity contribution in [3.05, 3.63) is 53.3 Å². The van der Waals surface area contributed by atoms with Gasteiger partial charge in [0.2, 0.25) is 0 Å². The van der Waals surface area contributed by atoms with Gasteiger partial charge in [0, 0.05) is 30.3 Å². The zero-order valence-corrected chi connectivity index (χ0v) is 20.8. The molecule has 0 bridgehead atoms. The Morgan fingerprint density at radius 1 is 1.14 bits per heavy atom. The average molecular weight is 512 g/mol. The van der Waals surface area contributed by atoms with Crippen LogP contribution in [0.5, 0.6) is 17.2 Å². The average Bonchev–Trinajstić information content (AvgIpc) is 3.64. The maximum atomic E-state index is 11.3. The number of hydrogen-bond donors (Lipinski definition) is 2. The van der Waals surface area contributed by atoms with E-state index in [0.29, 0.717) is 36.8 Å². The standard InChI is InChI=1S/C24H25N5O6S/c1-31-18-8-16-4-5-34-17(16)9-21(18)36-28-23-22-19(32-2)6-14(7-20(22)35-27-23)12-29-13-15(11-26-29)10-25-24(30)33-3/h6-9,11,13H,4-5,10,12H2,1-3H3,(H,25,30)(H,27,28). The number of aromatic nitrogens is 3. The van der Waals surface area contributed by atoms with E-state index in [4.69, 9.17) is 18.7 Å². The highest BCUT2D eigenvalue weighted by molar-refractivity contribution is 8.00. The van der Waals surface area contributed by atoms with Crippen molar-refractivity contribution in [1.29, 1.82) is 0 Å². The molecule has 0 unspecified atom stereocenters. The lowest BCUT2D eigenvalue weighted by atomic mass is 10.1. The van der Waals surface area contributed by atoms with Crippen LogP contribution in [0.2, 0.25) is 0 Å². The van der Waals surface area contributed by atoms with Gasteiger partial charge in [-0.1, -0.05) is 5.16 Å². The van der Waals surface area contributed by atoms with Crippen LogP contribution >= 0.6 is 11.9 Å². The number of carbonyl (C=O) groups excluding carboxylic acids is 1. The number of hydrogen-bond acceptors (Lipinski definition) is 10. The molecular formula is C24H25N5O6S. The van der Waals surface area contributed by atoms with Crippen molar-refractivity contribution in [2.45, 2.75) is 24.4 Å². The molecule has 0 spiro atoms. The number of anilines is 1. The highest BCUT2D eigenvalue weighted by Crippen LogP contribution is 2.40. The monoisotopic (exact) mass is 511 g/mol. The van der Waals surface area contributed by atoms with E-state index < -0.39 is 6.09 Å². The number of ether oxygens (including phenoxy) is 4. The molecule has 3 heterocycles. The van der Waals surface area contributed by atoms with Crippen LogP contribution in [-0.4, -0.2) is 49.0 Å². The van der Waals surface area contributed by atoms with Gasteiger partial charge in [0.25, 0.3) is 0 Å². The first-order valence-corrected chi connectivity index (χ1v) is 12.0. The van der Waals surface area contributed by atoms with E-state index in [2.05, 4.69) is 25.0 Å². The molecule has 2 N–H and O–H groups in total. The number of fused-ring (bicyclic) bond motifs is 2. The van der Waals surface area contributed by atoms with Crippen LogP contribution in [0.25, 0.3) is 11.0 Å². The molecular weight excluding hydrogens is 486 g/mol. The van der Waals surface area contributed by atoms with Crippen molar-refractivity contribution in [1.82, 2.24) is 20.3 Å². The second-order valence-corrected chi connectivity index (χ2v) is 8.86. The molecule has 1 aliphatic rings. The van der Waals surface area contributed by atoms with Gasteiger partial charge in [0.05, 0.1) is 45.6 Å². The van der Waals surface area contributed by atoms with E-state index in [1.165, 1.54) is 19.1 Å². The van der Waals surface area contributed by atoms with Crippen LogP contribution in [0, 0.1) is 0 Å². The van der Waals surface area contributed by atoms with Gasteiger partial charge in [-0.3, -0.25) is 4.68 Å². The molecule has 12 heteroatoms. The lowest BCUT2D eigenvalue weighted by Gasteiger charge is -2.11. The van der Waals surface area contributed by atoms with Gasteiger partial charge in [0.15, 0.2) is 11.4 Å². The van der Waals surface area contributed by atoms with Crippen LogP contribution < -0.4 is 24.2 Å². The van der Waals surface area contributed by atoms with Gasteiger partial charge < -0.3 is 33.5 Å². The summed E-state index contributed by atoms with van der Waals surface area (Å²) >= 11 is 1.36. The summed E-state index contributed by atoms with van der Waals surface area (Å²) in [5.41, 5.74) is 3.49. The summed E-state index contributed by atoms with van der Waals surface area (Å²) in [5, 5.41) is 11.9. The molecule has 0 radical (unpaired) electrons. The molecule has 11 nitrogen and oxygen atoms in total. The molecule has 188 valence electrons. The third kappa shape index (κ3) is 4.85.